The number of thioether (sulfide) groups is 1. The predicted octanol–water partition coefficient (Wildman–Crippen LogP) is 5.44. The molecular formula is C24H28N2O2S. The third-order valence-electron chi connectivity index (χ3n) is 4.95. The molecule has 29 heavy (non-hydrogen) atoms. The molecule has 2 N–H and O–H groups in total. The number of benzene rings is 2. The van der Waals surface area contributed by atoms with E-state index in [9.17, 15) is 9.90 Å². The Morgan fingerprint density at radius 2 is 1.86 bits per heavy atom. The number of aromatic hydroxyl groups is 1. The van der Waals surface area contributed by atoms with Crippen LogP contribution in [0.5, 0.6) is 5.75 Å². The fourth-order valence-electron chi connectivity index (χ4n) is 3.41. The van der Waals surface area contributed by atoms with Crippen molar-refractivity contribution in [2.45, 2.75) is 38.6 Å². The summed E-state index contributed by atoms with van der Waals surface area (Å²) in [6, 6.07) is 17.1. The highest BCUT2D eigenvalue weighted by Gasteiger charge is 2.22. The zero-order chi connectivity index (χ0) is 20.9. The van der Waals surface area contributed by atoms with E-state index in [4.69, 9.17) is 4.98 Å². The molecule has 0 saturated carbocycles. The molecule has 0 fully saturated rings. The zero-order valence-corrected chi connectivity index (χ0v) is 18.1. The summed E-state index contributed by atoms with van der Waals surface area (Å²) >= 11 is 1.78. The Hall–Kier alpha value is -2.53. The molecule has 0 radical (unpaired) electrons. The van der Waals surface area contributed by atoms with Crippen molar-refractivity contribution in [2.24, 2.45) is 5.41 Å². The molecule has 2 aromatic carbocycles. The van der Waals surface area contributed by atoms with E-state index in [0.29, 0.717) is 12.1 Å². The first kappa shape index (κ1) is 21.2. The molecule has 4 nitrogen and oxygen atoms in total. The van der Waals surface area contributed by atoms with Gasteiger partial charge in [-0.3, -0.25) is 4.79 Å². The summed E-state index contributed by atoms with van der Waals surface area (Å²) in [5.74, 6) is 0.747. The number of phenols is 1. The summed E-state index contributed by atoms with van der Waals surface area (Å²) in [6.45, 7) is 7.13. The standard InChI is InChI=1S/C24H28N2O2S/c1-4-29-23-18(15-17-9-5-7-11-20(17)26-23)16-24(2,3)13-14-25-22(28)19-10-6-8-12-21(19)27/h5-12,15,27H,4,13-14,16H2,1-3H3,(H,25,28). The van der Waals surface area contributed by atoms with Crippen LogP contribution in [0.15, 0.2) is 59.6 Å². The SMILES string of the molecule is CCSc1nc2ccccc2cc1CC(C)(C)CCNC(=O)c1ccccc1O. The molecule has 0 unspecified atom stereocenters. The van der Waals surface area contributed by atoms with E-state index in [1.54, 1.807) is 30.0 Å². The van der Waals surface area contributed by atoms with Crippen LogP contribution in [0.4, 0.5) is 0 Å². The fraction of sp³-hybridized carbons (Fsp3) is 0.333. The minimum atomic E-state index is -0.242. The lowest BCUT2D eigenvalue weighted by Crippen LogP contribution is -2.29. The fourth-order valence-corrected chi connectivity index (χ4v) is 4.16. The topological polar surface area (TPSA) is 62.2 Å². The Morgan fingerprint density at radius 1 is 1.14 bits per heavy atom. The first-order chi connectivity index (χ1) is 13.9. The van der Waals surface area contributed by atoms with Gasteiger partial charge in [0.15, 0.2) is 0 Å². The van der Waals surface area contributed by atoms with Crippen LogP contribution in [0.2, 0.25) is 0 Å². The van der Waals surface area contributed by atoms with Gasteiger partial charge >= 0.3 is 0 Å². The van der Waals surface area contributed by atoms with E-state index in [1.807, 2.05) is 12.1 Å². The van der Waals surface area contributed by atoms with Gasteiger partial charge in [-0.2, -0.15) is 0 Å². The maximum absolute atomic E-state index is 12.3. The quantitative estimate of drug-likeness (QED) is 0.487. The number of rotatable bonds is 8. The number of hydrogen-bond acceptors (Lipinski definition) is 4. The third-order valence-corrected chi connectivity index (χ3v) is 5.86. The van der Waals surface area contributed by atoms with Crippen LogP contribution in [-0.4, -0.2) is 28.3 Å². The van der Waals surface area contributed by atoms with Crippen molar-refractivity contribution >= 4 is 28.6 Å². The molecule has 5 heteroatoms. The third kappa shape index (κ3) is 5.51. The highest BCUT2D eigenvalue weighted by Crippen LogP contribution is 2.32. The molecule has 0 bridgehead atoms. The summed E-state index contributed by atoms with van der Waals surface area (Å²) in [6.07, 6.45) is 1.72. The molecule has 0 atom stereocenters. The van der Waals surface area contributed by atoms with Crippen LogP contribution in [0.1, 0.15) is 43.1 Å². The number of aromatic nitrogens is 1. The average Bonchev–Trinajstić information content (AvgIpc) is 2.68. The molecule has 0 aliphatic carbocycles. The smallest absolute Gasteiger partial charge is 0.255 e. The molecule has 0 spiro atoms. The Labute approximate surface area is 176 Å². The second kappa shape index (κ2) is 9.31. The van der Waals surface area contributed by atoms with Crippen LogP contribution in [0, 0.1) is 5.41 Å². The Balaban J connectivity index is 1.68. The number of hydrogen-bond donors (Lipinski definition) is 2. The normalized spacial score (nSPS) is 11.6. The molecule has 0 aliphatic rings. The minimum Gasteiger partial charge on any atom is -0.507 e. The number of carbonyl (C=O) groups excluding carboxylic acids is 1. The summed E-state index contributed by atoms with van der Waals surface area (Å²) < 4.78 is 0. The lowest BCUT2D eigenvalue weighted by atomic mass is 9.83. The molecule has 3 rings (SSSR count). The maximum Gasteiger partial charge on any atom is 0.255 e. The first-order valence-corrected chi connectivity index (χ1v) is 11.0. The van der Waals surface area contributed by atoms with Crippen molar-refractivity contribution < 1.29 is 9.90 Å². The van der Waals surface area contributed by atoms with E-state index in [-0.39, 0.29) is 17.1 Å². The number of amides is 1. The van der Waals surface area contributed by atoms with E-state index in [1.165, 1.54) is 11.6 Å². The number of nitrogens with zero attached hydrogens (tertiary/aromatic N) is 1. The molecule has 1 aromatic heterocycles. The van der Waals surface area contributed by atoms with Crippen molar-refractivity contribution in [2.75, 3.05) is 12.3 Å². The lowest BCUT2D eigenvalue weighted by molar-refractivity contribution is 0.0946. The number of para-hydroxylation sites is 2. The van der Waals surface area contributed by atoms with Gasteiger partial charge in [-0.05, 0) is 53.8 Å². The molecule has 0 saturated heterocycles. The number of pyridine rings is 1. The van der Waals surface area contributed by atoms with Gasteiger partial charge in [0.05, 0.1) is 16.1 Å². The largest absolute Gasteiger partial charge is 0.507 e. The van der Waals surface area contributed by atoms with Gasteiger partial charge < -0.3 is 10.4 Å². The lowest BCUT2D eigenvalue weighted by Gasteiger charge is -2.26. The Morgan fingerprint density at radius 3 is 2.62 bits per heavy atom. The van der Waals surface area contributed by atoms with Gasteiger partial charge in [0.1, 0.15) is 5.75 Å². The van der Waals surface area contributed by atoms with Crippen molar-refractivity contribution in [3.8, 4) is 5.75 Å². The van der Waals surface area contributed by atoms with Crippen LogP contribution in [0.25, 0.3) is 10.9 Å². The highest BCUT2D eigenvalue weighted by molar-refractivity contribution is 7.99. The van der Waals surface area contributed by atoms with Gasteiger partial charge in [0.2, 0.25) is 0 Å². The van der Waals surface area contributed by atoms with Crippen LogP contribution in [-0.2, 0) is 6.42 Å². The number of fused-ring (bicyclic) bond motifs is 1. The van der Waals surface area contributed by atoms with Gasteiger partial charge in [0, 0.05) is 11.9 Å². The van der Waals surface area contributed by atoms with Crippen molar-refractivity contribution in [3.05, 3.63) is 65.7 Å². The summed E-state index contributed by atoms with van der Waals surface area (Å²) in [4.78, 5) is 17.2. The molecule has 0 aliphatic heterocycles. The van der Waals surface area contributed by atoms with E-state index in [0.717, 1.165) is 34.5 Å². The summed E-state index contributed by atoms with van der Waals surface area (Å²) in [5.41, 5.74) is 2.59. The predicted molar refractivity (Wildman–Crippen MR) is 121 cm³/mol. The first-order valence-electron chi connectivity index (χ1n) is 9.97. The summed E-state index contributed by atoms with van der Waals surface area (Å²) in [7, 11) is 0. The molecule has 3 aromatic rings. The van der Waals surface area contributed by atoms with Gasteiger partial charge in [-0.1, -0.05) is 51.1 Å². The van der Waals surface area contributed by atoms with E-state index < -0.39 is 0 Å². The minimum absolute atomic E-state index is 0.000793. The highest BCUT2D eigenvalue weighted by atomic mass is 32.2. The van der Waals surface area contributed by atoms with Crippen molar-refractivity contribution in [1.82, 2.24) is 10.3 Å². The van der Waals surface area contributed by atoms with E-state index in [2.05, 4.69) is 44.3 Å². The number of carbonyl (C=O) groups is 1. The number of nitrogens with one attached hydrogen (secondary N) is 1. The molecule has 1 heterocycles. The van der Waals surface area contributed by atoms with Crippen LogP contribution < -0.4 is 5.32 Å². The second-order valence-electron chi connectivity index (χ2n) is 7.94. The Kier molecular flexibility index (Phi) is 6.80. The average molecular weight is 409 g/mol. The van der Waals surface area contributed by atoms with Crippen LogP contribution >= 0.6 is 11.8 Å². The Bertz CT molecular complexity index is 1000. The molecule has 152 valence electrons. The van der Waals surface area contributed by atoms with Gasteiger partial charge in [0.25, 0.3) is 5.91 Å². The monoisotopic (exact) mass is 408 g/mol. The zero-order valence-electron chi connectivity index (χ0n) is 17.2. The van der Waals surface area contributed by atoms with Crippen molar-refractivity contribution in [1.29, 1.82) is 0 Å². The molecular weight excluding hydrogens is 380 g/mol. The summed E-state index contributed by atoms with van der Waals surface area (Å²) in [5, 5.41) is 15.0. The van der Waals surface area contributed by atoms with Gasteiger partial charge in [-0.15, -0.1) is 11.8 Å². The maximum atomic E-state index is 12.3. The van der Waals surface area contributed by atoms with E-state index >= 15 is 0 Å². The van der Waals surface area contributed by atoms with Crippen molar-refractivity contribution in [3.63, 3.8) is 0 Å². The number of phenolic OH excluding ortho intramolecular Hbond substituents is 1. The van der Waals surface area contributed by atoms with Gasteiger partial charge in [-0.25, -0.2) is 4.98 Å². The van der Waals surface area contributed by atoms with Crippen LogP contribution in [0.3, 0.4) is 0 Å². The second-order valence-corrected chi connectivity index (χ2v) is 9.20. The molecule has 1 amide bonds.